The predicted molar refractivity (Wildman–Crippen MR) is 149 cm³/mol. The van der Waals surface area contributed by atoms with Gasteiger partial charge in [0, 0.05) is 24.4 Å². The average molecular weight is 596 g/mol. The highest BCUT2D eigenvalue weighted by atomic mass is 35.5. The molecule has 0 aromatic heterocycles. The molecule has 0 radical (unpaired) electrons. The predicted octanol–water partition coefficient (Wildman–Crippen LogP) is 5.10. The summed E-state index contributed by atoms with van der Waals surface area (Å²) in [5.41, 5.74) is 14.2. The van der Waals surface area contributed by atoms with Crippen LogP contribution >= 0.6 is 11.6 Å². The van der Waals surface area contributed by atoms with Gasteiger partial charge in [0.2, 0.25) is 0 Å². The van der Waals surface area contributed by atoms with Crippen LogP contribution in [0.1, 0.15) is 30.9 Å². The Balaban J connectivity index is 1.85. The van der Waals surface area contributed by atoms with Crippen LogP contribution in [0.4, 0.5) is 32.8 Å². The first-order valence-electron chi connectivity index (χ1n) is 12.6. The van der Waals surface area contributed by atoms with E-state index in [0.717, 1.165) is 18.1 Å². The number of nitrogens with two attached hydrogens (primary N) is 2. The van der Waals surface area contributed by atoms with E-state index >= 15 is 0 Å². The number of nitrogens with one attached hydrogen (secondary N) is 2. The summed E-state index contributed by atoms with van der Waals surface area (Å²) >= 11 is 5.86. The fourth-order valence-corrected chi connectivity index (χ4v) is 4.25. The van der Waals surface area contributed by atoms with Crippen molar-refractivity contribution in [1.29, 1.82) is 5.41 Å². The number of rotatable bonds is 7. The molecule has 0 saturated carbocycles. The number of carbonyl (C=O) groups is 2. The van der Waals surface area contributed by atoms with Crippen LogP contribution in [0.2, 0.25) is 5.02 Å². The summed E-state index contributed by atoms with van der Waals surface area (Å²) < 4.78 is 52.7. The summed E-state index contributed by atoms with van der Waals surface area (Å²) in [4.78, 5) is 31.3. The van der Waals surface area contributed by atoms with Crippen LogP contribution in [0.3, 0.4) is 0 Å². The number of piperidine rings is 1. The van der Waals surface area contributed by atoms with E-state index in [0.29, 0.717) is 16.2 Å². The number of alkyl halides is 3. The number of urea groups is 2. The van der Waals surface area contributed by atoms with Crippen molar-refractivity contribution in [3.63, 3.8) is 0 Å². The third-order valence-corrected chi connectivity index (χ3v) is 6.68. The van der Waals surface area contributed by atoms with E-state index in [2.05, 4.69) is 10.3 Å². The number of likely N-dealkylation sites (tertiary alicyclic amines) is 1. The zero-order chi connectivity index (χ0) is 30.3. The van der Waals surface area contributed by atoms with Gasteiger partial charge in [0.05, 0.1) is 35.9 Å². The van der Waals surface area contributed by atoms with E-state index < -0.39 is 42.9 Å². The summed E-state index contributed by atoms with van der Waals surface area (Å²) in [6.07, 6.45) is -4.91. The second kappa shape index (κ2) is 13.5. The molecule has 4 amide bonds. The monoisotopic (exact) mass is 595 g/mol. The van der Waals surface area contributed by atoms with Gasteiger partial charge in [-0.2, -0.15) is 13.2 Å². The molecule has 9 nitrogen and oxygen atoms in total. The molecule has 0 aliphatic carbocycles. The molecular formula is C27H30ClF4N7O2. The molecule has 3 rings (SSSR count). The first kappa shape index (κ1) is 31.4. The smallest absolute Gasteiger partial charge is 0.390 e. The van der Waals surface area contributed by atoms with Gasteiger partial charge in [0.1, 0.15) is 11.7 Å². The number of halogens is 5. The number of benzene rings is 2. The van der Waals surface area contributed by atoms with Crippen molar-refractivity contribution >= 4 is 40.9 Å². The van der Waals surface area contributed by atoms with Gasteiger partial charge >= 0.3 is 18.2 Å². The summed E-state index contributed by atoms with van der Waals surface area (Å²) in [6, 6.07) is 8.78. The molecule has 220 valence electrons. The molecule has 6 N–H and O–H groups in total. The average Bonchev–Trinajstić information content (AvgIpc) is 2.93. The van der Waals surface area contributed by atoms with Crippen molar-refractivity contribution in [1.82, 2.24) is 15.1 Å². The zero-order valence-electron chi connectivity index (χ0n) is 22.2. The molecule has 1 aliphatic rings. The summed E-state index contributed by atoms with van der Waals surface area (Å²) in [5.74, 6) is -1.04. The Kier molecular flexibility index (Phi) is 10.3. The van der Waals surface area contributed by atoms with Crippen molar-refractivity contribution in [2.45, 2.75) is 32.4 Å². The number of amidine groups is 1. The topological polar surface area (TPSA) is 141 Å². The Morgan fingerprint density at radius 2 is 1.85 bits per heavy atom. The molecule has 1 aliphatic heterocycles. The largest absolute Gasteiger partial charge is 0.400 e. The highest BCUT2D eigenvalue weighted by Crippen LogP contribution is 2.25. The molecule has 2 aromatic rings. The van der Waals surface area contributed by atoms with Crippen LogP contribution in [0, 0.1) is 11.2 Å². The number of nitrogens with zero attached hydrogens (tertiary/aromatic N) is 3. The second-order valence-electron chi connectivity index (χ2n) is 9.25. The van der Waals surface area contributed by atoms with E-state index in [1.54, 1.807) is 24.3 Å². The fourth-order valence-electron chi connectivity index (χ4n) is 4.07. The van der Waals surface area contributed by atoms with Crippen molar-refractivity contribution in [3.05, 3.63) is 75.7 Å². The Morgan fingerprint density at radius 1 is 1.17 bits per heavy atom. The maximum atomic E-state index is 13.6. The van der Waals surface area contributed by atoms with E-state index in [1.165, 1.54) is 17.0 Å². The lowest BCUT2D eigenvalue weighted by atomic mass is 9.99. The van der Waals surface area contributed by atoms with E-state index in [4.69, 9.17) is 28.5 Å². The van der Waals surface area contributed by atoms with Crippen molar-refractivity contribution in [2.75, 3.05) is 26.2 Å². The Labute approximate surface area is 239 Å². The molecule has 1 saturated heterocycles. The van der Waals surface area contributed by atoms with Crippen molar-refractivity contribution in [3.8, 4) is 0 Å². The summed E-state index contributed by atoms with van der Waals surface area (Å²) in [6.45, 7) is 1.07. The lowest BCUT2D eigenvalue weighted by molar-refractivity contribution is -0.135. The van der Waals surface area contributed by atoms with Crippen LogP contribution in [-0.4, -0.2) is 65.8 Å². The molecule has 0 atom stereocenters. The quantitative estimate of drug-likeness (QED) is 0.201. The van der Waals surface area contributed by atoms with Gasteiger partial charge in [-0.15, -0.1) is 0 Å². The van der Waals surface area contributed by atoms with Crippen LogP contribution in [0.15, 0.2) is 58.7 Å². The van der Waals surface area contributed by atoms with Crippen molar-refractivity contribution in [2.24, 2.45) is 16.5 Å². The number of carbonyl (C=O) groups excluding carboxylic acids is 2. The molecule has 41 heavy (non-hydrogen) atoms. The number of amides is 4. The third-order valence-electron chi connectivity index (χ3n) is 6.39. The van der Waals surface area contributed by atoms with Crippen LogP contribution in [-0.2, 0) is 6.42 Å². The van der Waals surface area contributed by atoms with Gasteiger partial charge in [-0.25, -0.2) is 14.0 Å². The minimum Gasteiger partial charge on any atom is -0.400 e. The maximum Gasteiger partial charge on any atom is 0.390 e. The highest BCUT2D eigenvalue weighted by Gasteiger charge is 2.31. The second-order valence-corrected chi connectivity index (χ2v) is 9.65. The Bertz CT molecular complexity index is 1360. The van der Waals surface area contributed by atoms with Crippen molar-refractivity contribution < 1.29 is 27.2 Å². The highest BCUT2D eigenvalue weighted by molar-refractivity contribution is 6.31. The number of aliphatic imine (C=N–C) groups is 1. The lowest BCUT2D eigenvalue weighted by Gasteiger charge is -2.30. The molecule has 2 aromatic carbocycles. The van der Waals surface area contributed by atoms with E-state index in [1.807, 2.05) is 6.92 Å². The fraction of sp³-hybridized carbons (Fsp3) is 0.333. The van der Waals surface area contributed by atoms with Crippen LogP contribution < -0.4 is 16.8 Å². The number of aryl methyl sites for hydroxylation is 1. The van der Waals surface area contributed by atoms with E-state index in [-0.39, 0.29) is 48.0 Å². The van der Waals surface area contributed by atoms with Gasteiger partial charge in [-0.1, -0.05) is 42.8 Å². The molecule has 14 heteroatoms. The molecule has 0 spiro atoms. The molecular weight excluding hydrogens is 566 g/mol. The van der Waals surface area contributed by atoms with E-state index in [9.17, 15) is 27.2 Å². The normalized spacial score (nSPS) is 16.0. The Morgan fingerprint density at radius 3 is 2.44 bits per heavy atom. The third kappa shape index (κ3) is 8.68. The molecule has 0 unspecified atom stereocenters. The first-order valence-corrected chi connectivity index (χ1v) is 13.0. The number of primary amides is 1. The summed E-state index contributed by atoms with van der Waals surface area (Å²) in [7, 11) is 0. The van der Waals surface area contributed by atoms with Gasteiger partial charge in [-0.3, -0.25) is 15.3 Å². The summed E-state index contributed by atoms with van der Waals surface area (Å²) in [5, 5.41) is 10.8. The van der Waals surface area contributed by atoms with Crippen LogP contribution in [0.5, 0.6) is 0 Å². The van der Waals surface area contributed by atoms with Gasteiger partial charge in [-0.05, 0) is 42.2 Å². The number of hydrogen-bond acceptors (Lipinski definition) is 5. The molecule has 0 bridgehead atoms. The van der Waals surface area contributed by atoms with Gasteiger partial charge in [0.25, 0.3) is 0 Å². The minimum atomic E-state index is -4.55. The number of hydrogen-bond donors (Lipinski definition) is 4. The molecule has 1 heterocycles. The lowest BCUT2D eigenvalue weighted by Crippen LogP contribution is -2.47. The van der Waals surface area contributed by atoms with Gasteiger partial charge in [0.15, 0.2) is 0 Å². The zero-order valence-corrected chi connectivity index (χ0v) is 22.9. The van der Waals surface area contributed by atoms with Crippen LogP contribution in [0.25, 0.3) is 0 Å². The van der Waals surface area contributed by atoms with Gasteiger partial charge < -0.3 is 21.7 Å². The minimum absolute atomic E-state index is 0.0234. The first-order chi connectivity index (χ1) is 19.3. The maximum absolute atomic E-state index is 13.6. The molecule has 1 fully saturated rings. The standard InChI is InChI=1S/C27H30ClF4N7O2/c1-2-16-3-5-17(6-4-16)24(34)39(12-10-27(30,31)32)26(41)36-14-22(33)19-9-11-38(25(35)40)15-23(19)37-18-7-8-21(29)20(28)13-18/h3-8,13,34H,2,9-12,14-15,33H2,1H3,(H2,35,40)(H,36,41)/b22-19-,34-24?,37-23?. The SMILES string of the molecule is CCc1ccc(C(=N)N(CCC(F)(F)F)C(=O)NC/C(N)=C2\CCN(C(N)=O)CC2=Nc2ccc(F)c(Cl)c2)cc1. The Hall–Kier alpha value is -4.13.